The maximum Gasteiger partial charge on any atom is 0.235 e. The van der Waals surface area contributed by atoms with Crippen LogP contribution in [-0.2, 0) is 10.3 Å². The molecule has 0 amide bonds. The van der Waals surface area contributed by atoms with Gasteiger partial charge >= 0.3 is 0 Å². The summed E-state index contributed by atoms with van der Waals surface area (Å²) in [5.41, 5.74) is 1.51. The van der Waals surface area contributed by atoms with E-state index >= 15 is 0 Å². The maximum atomic E-state index is 10.4. The molecule has 0 aliphatic heterocycles. The Morgan fingerprint density at radius 1 is 1.41 bits per heavy atom. The molecule has 0 bridgehead atoms. The number of H-pyrrole nitrogens is 1. The Hall–Kier alpha value is -2.33. The number of carbonyl (C=O) groups excluding carboxylic acids is 1. The van der Waals surface area contributed by atoms with E-state index in [0.717, 1.165) is 24.0 Å². The zero-order valence-corrected chi connectivity index (χ0v) is 8.92. The molecule has 1 aromatic heterocycles. The van der Waals surface area contributed by atoms with Crippen molar-refractivity contribution in [1.29, 1.82) is 0 Å². The highest BCUT2D eigenvalue weighted by atomic mass is 16.1. The second kappa shape index (κ2) is 3.61. The van der Waals surface area contributed by atoms with Crippen LogP contribution in [0.25, 0.3) is 11.4 Å². The van der Waals surface area contributed by atoms with E-state index in [4.69, 9.17) is 0 Å². The van der Waals surface area contributed by atoms with E-state index in [1.807, 2.05) is 24.3 Å². The number of rotatable bonds is 3. The van der Waals surface area contributed by atoms with E-state index in [9.17, 15) is 4.79 Å². The predicted molar refractivity (Wildman–Crippen MR) is 58.6 cm³/mol. The molecule has 3 rings (SSSR count). The number of aromatic nitrogens is 4. The average molecular weight is 227 g/mol. The summed E-state index contributed by atoms with van der Waals surface area (Å²) in [5.74, 6) is 0.540. The lowest BCUT2D eigenvalue weighted by Crippen LogP contribution is -2.02. The molecule has 1 N–H and O–H groups in total. The average Bonchev–Trinajstić information content (AvgIpc) is 2.94. The van der Waals surface area contributed by atoms with Crippen molar-refractivity contribution in [2.75, 3.05) is 0 Å². The van der Waals surface area contributed by atoms with Crippen molar-refractivity contribution in [3.05, 3.63) is 29.8 Å². The summed E-state index contributed by atoms with van der Waals surface area (Å²) in [6.45, 7) is 0. The molecular formula is C11H9N5O. The van der Waals surface area contributed by atoms with Gasteiger partial charge in [-0.05, 0) is 29.7 Å². The van der Waals surface area contributed by atoms with E-state index in [2.05, 4.69) is 25.6 Å². The molecule has 0 saturated heterocycles. The van der Waals surface area contributed by atoms with Crippen molar-refractivity contribution in [3.63, 3.8) is 0 Å². The zero-order valence-electron chi connectivity index (χ0n) is 8.92. The fourth-order valence-electron chi connectivity index (χ4n) is 1.90. The minimum Gasteiger partial charge on any atom is -0.211 e. The Morgan fingerprint density at radius 2 is 2.29 bits per heavy atom. The van der Waals surface area contributed by atoms with Gasteiger partial charge in [-0.15, -0.1) is 10.2 Å². The van der Waals surface area contributed by atoms with E-state index in [-0.39, 0.29) is 5.54 Å². The summed E-state index contributed by atoms with van der Waals surface area (Å²) in [5, 5.41) is 13.8. The Bertz CT molecular complexity index is 582. The molecule has 84 valence electrons. The van der Waals surface area contributed by atoms with Crippen LogP contribution in [0.2, 0.25) is 0 Å². The van der Waals surface area contributed by atoms with Gasteiger partial charge < -0.3 is 0 Å². The SMILES string of the molecule is O=C=NC1(c2cccc(-c3nn[nH]n3)c2)CC1. The summed E-state index contributed by atoms with van der Waals surface area (Å²) < 4.78 is 0. The van der Waals surface area contributed by atoms with Crippen molar-refractivity contribution < 1.29 is 4.79 Å². The molecule has 0 atom stereocenters. The van der Waals surface area contributed by atoms with Crippen molar-refractivity contribution in [3.8, 4) is 11.4 Å². The highest BCUT2D eigenvalue weighted by molar-refractivity contribution is 5.57. The van der Waals surface area contributed by atoms with Crippen LogP contribution in [0.4, 0.5) is 0 Å². The molecule has 0 radical (unpaired) electrons. The quantitative estimate of drug-likeness (QED) is 0.630. The Kier molecular flexibility index (Phi) is 2.09. The lowest BCUT2D eigenvalue weighted by atomic mass is 10.0. The summed E-state index contributed by atoms with van der Waals surface area (Å²) in [6, 6.07) is 7.70. The lowest BCUT2D eigenvalue weighted by molar-refractivity contribution is 0.556. The Labute approximate surface area is 96.8 Å². The number of aromatic amines is 1. The van der Waals surface area contributed by atoms with Gasteiger partial charge in [-0.3, -0.25) is 0 Å². The van der Waals surface area contributed by atoms with Gasteiger partial charge in [-0.2, -0.15) is 10.2 Å². The van der Waals surface area contributed by atoms with Gasteiger partial charge in [0.25, 0.3) is 0 Å². The van der Waals surface area contributed by atoms with E-state index in [0.29, 0.717) is 5.82 Å². The van der Waals surface area contributed by atoms with Gasteiger partial charge in [0.05, 0.1) is 5.54 Å². The third kappa shape index (κ3) is 1.64. The predicted octanol–water partition coefficient (Wildman–Crippen LogP) is 1.19. The lowest BCUT2D eigenvalue weighted by Gasteiger charge is -2.08. The summed E-state index contributed by atoms with van der Waals surface area (Å²) >= 11 is 0. The maximum absolute atomic E-state index is 10.4. The first-order chi connectivity index (χ1) is 8.34. The summed E-state index contributed by atoms with van der Waals surface area (Å²) in [6.07, 6.45) is 3.42. The smallest absolute Gasteiger partial charge is 0.211 e. The van der Waals surface area contributed by atoms with E-state index in [1.165, 1.54) is 0 Å². The van der Waals surface area contributed by atoms with Crippen molar-refractivity contribution in [2.45, 2.75) is 18.4 Å². The first-order valence-corrected chi connectivity index (χ1v) is 5.27. The molecule has 1 aliphatic carbocycles. The van der Waals surface area contributed by atoms with Crippen molar-refractivity contribution >= 4 is 6.08 Å². The van der Waals surface area contributed by atoms with Crippen LogP contribution in [0.15, 0.2) is 29.3 Å². The van der Waals surface area contributed by atoms with Crippen molar-refractivity contribution in [2.24, 2.45) is 4.99 Å². The Morgan fingerprint density at radius 3 is 2.94 bits per heavy atom. The molecule has 1 saturated carbocycles. The molecule has 1 heterocycles. The minimum atomic E-state index is -0.360. The molecule has 0 unspecified atom stereocenters. The van der Waals surface area contributed by atoms with Gasteiger partial charge in [0, 0.05) is 5.56 Å². The number of nitrogens with zero attached hydrogens (tertiary/aromatic N) is 4. The summed E-state index contributed by atoms with van der Waals surface area (Å²) in [4.78, 5) is 14.3. The van der Waals surface area contributed by atoms with Crippen LogP contribution < -0.4 is 0 Å². The van der Waals surface area contributed by atoms with Gasteiger partial charge in [0.1, 0.15) is 0 Å². The highest BCUT2D eigenvalue weighted by Crippen LogP contribution is 2.49. The normalized spacial score (nSPS) is 16.2. The van der Waals surface area contributed by atoms with Crippen LogP contribution in [0, 0.1) is 0 Å². The van der Waals surface area contributed by atoms with Gasteiger partial charge in [0.15, 0.2) is 0 Å². The number of isocyanates is 1. The molecule has 1 aromatic carbocycles. The second-order valence-electron chi connectivity index (χ2n) is 4.05. The number of hydrogen-bond donors (Lipinski definition) is 1. The monoisotopic (exact) mass is 227 g/mol. The number of hydrogen-bond acceptors (Lipinski definition) is 5. The van der Waals surface area contributed by atoms with Crippen molar-refractivity contribution in [1.82, 2.24) is 20.6 Å². The van der Waals surface area contributed by atoms with Gasteiger partial charge in [-0.1, -0.05) is 18.2 Å². The number of aliphatic imine (C=N–C) groups is 1. The molecular weight excluding hydrogens is 218 g/mol. The fourth-order valence-corrected chi connectivity index (χ4v) is 1.90. The largest absolute Gasteiger partial charge is 0.235 e. The Balaban J connectivity index is 2.03. The van der Waals surface area contributed by atoms with Crippen LogP contribution in [-0.4, -0.2) is 26.7 Å². The van der Waals surface area contributed by atoms with Gasteiger partial charge in [0.2, 0.25) is 11.9 Å². The number of tetrazole rings is 1. The topological polar surface area (TPSA) is 83.9 Å². The van der Waals surface area contributed by atoms with Crippen LogP contribution in [0.3, 0.4) is 0 Å². The van der Waals surface area contributed by atoms with E-state index in [1.54, 1.807) is 6.08 Å². The summed E-state index contributed by atoms with van der Waals surface area (Å²) in [7, 11) is 0. The fraction of sp³-hybridized carbons (Fsp3) is 0.273. The minimum absolute atomic E-state index is 0.360. The molecule has 2 aromatic rings. The standard InChI is InChI=1S/C11H9N5O/c17-7-12-11(4-5-11)9-3-1-2-8(6-9)10-13-15-16-14-10/h1-3,6H,4-5H2,(H,13,14,15,16). The third-order valence-corrected chi connectivity index (χ3v) is 2.99. The highest BCUT2D eigenvalue weighted by Gasteiger charge is 2.44. The van der Waals surface area contributed by atoms with Crippen LogP contribution >= 0.6 is 0 Å². The molecule has 1 fully saturated rings. The molecule has 6 nitrogen and oxygen atoms in total. The molecule has 6 heteroatoms. The first kappa shape index (κ1) is 9.86. The molecule has 0 spiro atoms. The third-order valence-electron chi connectivity index (χ3n) is 2.99. The molecule has 17 heavy (non-hydrogen) atoms. The van der Waals surface area contributed by atoms with Gasteiger partial charge in [-0.25, -0.2) is 4.79 Å². The van der Waals surface area contributed by atoms with Crippen LogP contribution in [0.1, 0.15) is 18.4 Å². The number of benzene rings is 1. The van der Waals surface area contributed by atoms with E-state index < -0.39 is 0 Å². The first-order valence-electron chi connectivity index (χ1n) is 5.27. The van der Waals surface area contributed by atoms with Crippen LogP contribution in [0.5, 0.6) is 0 Å². The zero-order chi connectivity index (χ0) is 11.7. The second-order valence-corrected chi connectivity index (χ2v) is 4.05. The number of nitrogens with one attached hydrogen (secondary N) is 1. The molecule has 1 aliphatic rings.